The number of piperidine rings is 1. The highest BCUT2D eigenvalue weighted by atomic mass is 19.4. The number of hydrogen-bond acceptors (Lipinski definition) is 7. The van der Waals surface area contributed by atoms with Crippen LogP contribution in [0.1, 0.15) is 30.0 Å². The molecule has 2 saturated heterocycles. The molecule has 0 unspecified atom stereocenters. The van der Waals surface area contributed by atoms with E-state index in [1.54, 1.807) is 6.26 Å². The van der Waals surface area contributed by atoms with Gasteiger partial charge in [0.25, 0.3) is 0 Å². The number of hydrogen-bond donors (Lipinski definition) is 2. The average Bonchev–Trinajstić information content (AvgIpc) is 3.36. The maximum absolute atomic E-state index is 12.3. The van der Waals surface area contributed by atoms with Crippen LogP contribution in [-0.4, -0.2) is 87.0 Å². The highest BCUT2D eigenvalue weighted by Crippen LogP contribution is 2.31. The van der Waals surface area contributed by atoms with Crippen molar-refractivity contribution < 1.29 is 60.1 Å². The first-order valence-corrected chi connectivity index (χ1v) is 11.7. The van der Waals surface area contributed by atoms with Crippen LogP contribution < -0.4 is 0 Å². The minimum atomic E-state index is -5.08. The third-order valence-corrected chi connectivity index (χ3v) is 5.84. The van der Waals surface area contributed by atoms with Crippen molar-refractivity contribution in [3.8, 4) is 0 Å². The molecule has 0 saturated carbocycles. The van der Waals surface area contributed by atoms with E-state index in [0.29, 0.717) is 13.1 Å². The molecule has 0 atom stereocenters. The number of aromatic nitrogens is 1. The molecule has 2 aliphatic rings. The van der Waals surface area contributed by atoms with Crippen LogP contribution in [0.2, 0.25) is 0 Å². The third-order valence-electron chi connectivity index (χ3n) is 5.84. The molecule has 2 N–H and O–H groups in total. The predicted molar refractivity (Wildman–Crippen MR) is 124 cm³/mol. The number of morpholine rings is 1. The number of aryl methyl sites for hydroxylation is 1. The number of nitrogens with zero attached hydrogens (tertiary/aromatic N) is 3. The van der Waals surface area contributed by atoms with Gasteiger partial charge >= 0.3 is 24.3 Å². The number of ether oxygens (including phenoxy) is 1. The van der Waals surface area contributed by atoms with Crippen LogP contribution in [0.25, 0.3) is 0 Å². The standard InChI is InChI=1S/C20H25N3O3.2C2HF3O2/c1-16-4-2-5-17(21-16)12-23-15-20(26-14-19(23)24)7-9-22(10-8-20)13-18-6-3-11-25-18;2*3-2(4,5)1(6)7/h2-6,11H,7-10,12-15H2,1H3;2*(H,6,7). The van der Waals surface area contributed by atoms with E-state index in [4.69, 9.17) is 29.0 Å². The number of pyridine rings is 1. The molecule has 4 heterocycles. The van der Waals surface area contributed by atoms with Crippen LogP contribution in [0, 0.1) is 6.92 Å². The van der Waals surface area contributed by atoms with Crippen LogP contribution in [0.3, 0.4) is 0 Å². The lowest BCUT2D eigenvalue weighted by atomic mass is 9.89. The fourth-order valence-corrected chi connectivity index (χ4v) is 3.86. The largest absolute Gasteiger partial charge is 0.490 e. The summed E-state index contributed by atoms with van der Waals surface area (Å²) < 4.78 is 75.0. The van der Waals surface area contributed by atoms with Crippen molar-refractivity contribution in [1.82, 2.24) is 14.8 Å². The summed E-state index contributed by atoms with van der Waals surface area (Å²) in [6.45, 7) is 6.08. The molecule has 2 aromatic rings. The number of halogens is 6. The number of likely N-dealkylation sites (tertiary alicyclic amines) is 1. The van der Waals surface area contributed by atoms with E-state index >= 15 is 0 Å². The fraction of sp³-hybridized carbons (Fsp3) is 0.500. The molecule has 16 heteroatoms. The zero-order valence-corrected chi connectivity index (χ0v) is 21.2. The number of alkyl halides is 6. The molecule has 40 heavy (non-hydrogen) atoms. The maximum atomic E-state index is 12.3. The molecule has 1 amide bonds. The Labute approximate surface area is 224 Å². The van der Waals surface area contributed by atoms with Gasteiger partial charge in [0.15, 0.2) is 0 Å². The van der Waals surface area contributed by atoms with E-state index < -0.39 is 24.3 Å². The molecule has 0 aromatic carbocycles. The molecule has 2 aliphatic heterocycles. The second-order valence-electron chi connectivity index (χ2n) is 8.95. The van der Waals surface area contributed by atoms with E-state index in [-0.39, 0.29) is 18.1 Å². The fourth-order valence-electron chi connectivity index (χ4n) is 3.86. The number of carbonyl (C=O) groups excluding carboxylic acids is 1. The van der Waals surface area contributed by atoms with Crippen LogP contribution in [-0.2, 0) is 32.2 Å². The molecule has 4 rings (SSSR count). The molecule has 10 nitrogen and oxygen atoms in total. The lowest BCUT2D eigenvalue weighted by Crippen LogP contribution is -2.58. The van der Waals surface area contributed by atoms with Gasteiger partial charge in [-0.1, -0.05) is 6.07 Å². The van der Waals surface area contributed by atoms with Gasteiger partial charge in [-0.3, -0.25) is 14.7 Å². The maximum Gasteiger partial charge on any atom is 0.490 e. The summed E-state index contributed by atoms with van der Waals surface area (Å²) in [6, 6.07) is 9.88. The molecule has 0 aliphatic carbocycles. The van der Waals surface area contributed by atoms with E-state index in [1.807, 2.05) is 42.2 Å². The summed E-state index contributed by atoms with van der Waals surface area (Å²) in [6.07, 6.45) is -6.59. The number of amides is 1. The van der Waals surface area contributed by atoms with Gasteiger partial charge in [0, 0.05) is 18.8 Å². The third kappa shape index (κ3) is 10.5. The number of aliphatic carboxylic acids is 2. The van der Waals surface area contributed by atoms with Crippen molar-refractivity contribution in [3.05, 3.63) is 53.7 Å². The van der Waals surface area contributed by atoms with Crippen molar-refractivity contribution >= 4 is 17.8 Å². The van der Waals surface area contributed by atoms with Crippen LogP contribution in [0.15, 0.2) is 41.0 Å². The first kappa shape index (κ1) is 32.6. The van der Waals surface area contributed by atoms with Crippen molar-refractivity contribution in [1.29, 1.82) is 0 Å². The summed E-state index contributed by atoms with van der Waals surface area (Å²) in [5, 5.41) is 14.2. The van der Waals surface area contributed by atoms with Crippen LogP contribution >= 0.6 is 0 Å². The summed E-state index contributed by atoms with van der Waals surface area (Å²) >= 11 is 0. The second kappa shape index (κ2) is 13.6. The summed E-state index contributed by atoms with van der Waals surface area (Å²) in [5.74, 6) is -4.47. The lowest BCUT2D eigenvalue weighted by Gasteiger charge is -2.46. The lowest BCUT2D eigenvalue weighted by molar-refractivity contribution is -0.193. The molecular weight excluding hydrogens is 556 g/mol. The molecule has 222 valence electrons. The molecular formula is C24H27F6N3O7. The van der Waals surface area contributed by atoms with Gasteiger partial charge in [0.05, 0.1) is 37.2 Å². The quantitative estimate of drug-likeness (QED) is 0.518. The van der Waals surface area contributed by atoms with Crippen molar-refractivity contribution in [2.45, 2.75) is 50.8 Å². The Morgan fingerprint density at radius 2 is 1.55 bits per heavy atom. The minimum absolute atomic E-state index is 0.0527. The Balaban J connectivity index is 0.000000333. The van der Waals surface area contributed by atoms with E-state index in [1.165, 1.54) is 0 Å². The highest BCUT2D eigenvalue weighted by Gasteiger charge is 2.42. The Morgan fingerprint density at radius 3 is 2.02 bits per heavy atom. The second-order valence-corrected chi connectivity index (χ2v) is 8.95. The topological polar surface area (TPSA) is 133 Å². The number of furan rings is 1. The predicted octanol–water partition coefficient (Wildman–Crippen LogP) is 3.64. The zero-order chi connectivity index (χ0) is 30.1. The molecule has 0 radical (unpaired) electrons. The van der Waals surface area contributed by atoms with Gasteiger partial charge in [-0.2, -0.15) is 26.3 Å². The Bertz CT molecular complexity index is 1110. The van der Waals surface area contributed by atoms with Gasteiger partial charge in [0.2, 0.25) is 5.91 Å². The normalized spacial score (nSPS) is 17.4. The first-order chi connectivity index (χ1) is 18.5. The average molecular weight is 583 g/mol. The molecule has 0 bridgehead atoms. The van der Waals surface area contributed by atoms with Gasteiger partial charge in [-0.15, -0.1) is 0 Å². The van der Waals surface area contributed by atoms with Crippen molar-refractivity contribution in [3.63, 3.8) is 0 Å². The van der Waals surface area contributed by atoms with Crippen molar-refractivity contribution in [2.24, 2.45) is 0 Å². The monoisotopic (exact) mass is 583 g/mol. The number of rotatable bonds is 4. The number of carboxylic acids is 2. The van der Waals surface area contributed by atoms with E-state index in [9.17, 15) is 31.1 Å². The SMILES string of the molecule is Cc1cccc(CN2CC3(CCN(Cc4ccco4)CC3)OCC2=O)n1.O=C(O)C(F)(F)F.O=C(O)C(F)(F)F. The molecule has 1 spiro atoms. The van der Waals surface area contributed by atoms with Gasteiger partial charge in [-0.05, 0) is 44.0 Å². The molecule has 2 fully saturated rings. The Morgan fingerprint density at radius 1 is 0.975 bits per heavy atom. The summed E-state index contributed by atoms with van der Waals surface area (Å²) in [5.41, 5.74) is 1.69. The van der Waals surface area contributed by atoms with Gasteiger partial charge < -0.3 is 24.3 Å². The number of carbonyl (C=O) groups is 3. The van der Waals surface area contributed by atoms with E-state index in [0.717, 1.165) is 49.6 Å². The Hall–Kier alpha value is -3.66. The Kier molecular flexibility index (Phi) is 11.1. The van der Waals surface area contributed by atoms with Crippen LogP contribution in [0.5, 0.6) is 0 Å². The van der Waals surface area contributed by atoms with Crippen molar-refractivity contribution in [2.75, 3.05) is 26.2 Å². The molecule has 2 aromatic heterocycles. The van der Waals surface area contributed by atoms with Gasteiger partial charge in [0.1, 0.15) is 12.4 Å². The smallest absolute Gasteiger partial charge is 0.475 e. The summed E-state index contributed by atoms with van der Waals surface area (Å²) in [4.78, 5) is 39.0. The van der Waals surface area contributed by atoms with Crippen LogP contribution in [0.4, 0.5) is 26.3 Å². The van der Waals surface area contributed by atoms with Gasteiger partial charge in [-0.25, -0.2) is 9.59 Å². The highest BCUT2D eigenvalue weighted by molar-refractivity contribution is 5.78. The minimum Gasteiger partial charge on any atom is -0.475 e. The summed E-state index contributed by atoms with van der Waals surface area (Å²) in [7, 11) is 0. The number of carboxylic acid groups (broad SMARTS) is 2. The first-order valence-electron chi connectivity index (χ1n) is 11.7. The zero-order valence-electron chi connectivity index (χ0n) is 21.2. The van der Waals surface area contributed by atoms with E-state index in [2.05, 4.69) is 9.88 Å².